The van der Waals surface area contributed by atoms with Gasteiger partial charge < -0.3 is 14.8 Å². The number of aryl methyl sites for hydroxylation is 3. The molecular formula is C25H28N2O5S. The molecule has 0 aliphatic rings. The highest BCUT2D eigenvalue weighted by atomic mass is 32.2. The number of nitrogens with zero attached hydrogens (tertiary/aromatic N) is 1. The maximum atomic E-state index is 13.6. The van der Waals surface area contributed by atoms with E-state index in [0.717, 1.165) is 21.0 Å². The smallest absolute Gasteiger partial charge is 0.264 e. The number of methoxy groups -OCH3 is 2. The molecule has 1 N–H and O–H groups in total. The van der Waals surface area contributed by atoms with Gasteiger partial charge in [0.25, 0.3) is 10.0 Å². The molecule has 8 heteroatoms. The van der Waals surface area contributed by atoms with E-state index < -0.39 is 22.5 Å². The molecule has 33 heavy (non-hydrogen) atoms. The molecule has 0 aromatic heterocycles. The third-order valence-corrected chi connectivity index (χ3v) is 6.98. The summed E-state index contributed by atoms with van der Waals surface area (Å²) >= 11 is 0. The molecule has 0 unspecified atom stereocenters. The summed E-state index contributed by atoms with van der Waals surface area (Å²) in [4.78, 5) is 12.9. The van der Waals surface area contributed by atoms with Gasteiger partial charge in [-0.05, 0) is 56.7 Å². The number of amides is 1. The van der Waals surface area contributed by atoms with Crippen molar-refractivity contribution in [3.8, 4) is 11.5 Å². The van der Waals surface area contributed by atoms with E-state index in [1.165, 1.54) is 32.4 Å². The van der Waals surface area contributed by atoms with Crippen molar-refractivity contribution < 1.29 is 22.7 Å². The zero-order valence-corrected chi connectivity index (χ0v) is 20.2. The molecule has 0 aliphatic carbocycles. The normalized spacial score (nSPS) is 11.1. The van der Waals surface area contributed by atoms with Crippen LogP contribution in [0.2, 0.25) is 0 Å². The minimum Gasteiger partial charge on any atom is -0.493 e. The zero-order chi connectivity index (χ0) is 24.2. The molecule has 1 amide bonds. The first kappa shape index (κ1) is 24.1. The highest BCUT2D eigenvalue weighted by Gasteiger charge is 2.28. The number of hydrogen-bond donors (Lipinski definition) is 1. The van der Waals surface area contributed by atoms with E-state index in [9.17, 15) is 13.2 Å². The molecule has 0 spiro atoms. The molecule has 3 rings (SSSR count). The van der Waals surface area contributed by atoms with E-state index in [1.54, 1.807) is 24.3 Å². The van der Waals surface area contributed by atoms with Crippen LogP contribution in [0.3, 0.4) is 0 Å². The summed E-state index contributed by atoms with van der Waals surface area (Å²) in [6, 6.07) is 16.9. The fourth-order valence-electron chi connectivity index (χ4n) is 3.40. The van der Waals surface area contributed by atoms with Crippen molar-refractivity contribution in [3.63, 3.8) is 0 Å². The van der Waals surface area contributed by atoms with Crippen LogP contribution in [0.25, 0.3) is 0 Å². The summed E-state index contributed by atoms with van der Waals surface area (Å²) in [5.41, 5.74) is 3.96. The first-order valence-electron chi connectivity index (χ1n) is 10.3. The Bertz CT molecular complexity index is 1250. The van der Waals surface area contributed by atoms with Gasteiger partial charge in [0.1, 0.15) is 6.54 Å². The highest BCUT2D eigenvalue weighted by molar-refractivity contribution is 7.92. The molecule has 0 fully saturated rings. The molecule has 0 heterocycles. The maximum absolute atomic E-state index is 13.6. The van der Waals surface area contributed by atoms with E-state index >= 15 is 0 Å². The summed E-state index contributed by atoms with van der Waals surface area (Å²) < 4.78 is 38.8. The van der Waals surface area contributed by atoms with Gasteiger partial charge in [0, 0.05) is 11.8 Å². The lowest BCUT2D eigenvalue weighted by Gasteiger charge is -2.25. The number of ether oxygens (including phenoxy) is 2. The Morgan fingerprint density at radius 1 is 0.848 bits per heavy atom. The van der Waals surface area contributed by atoms with Crippen LogP contribution in [0.5, 0.6) is 11.5 Å². The first-order valence-corrected chi connectivity index (χ1v) is 11.8. The van der Waals surface area contributed by atoms with Crippen molar-refractivity contribution in [2.75, 3.05) is 30.4 Å². The molecule has 0 saturated heterocycles. The quantitative estimate of drug-likeness (QED) is 0.528. The Kier molecular flexibility index (Phi) is 7.28. The Balaban J connectivity index is 1.99. The fraction of sp³-hybridized carbons (Fsp3) is 0.240. The van der Waals surface area contributed by atoms with E-state index in [0.29, 0.717) is 17.1 Å². The Labute approximate surface area is 195 Å². The third-order valence-electron chi connectivity index (χ3n) is 5.21. The lowest BCUT2D eigenvalue weighted by atomic mass is 10.1. The van der Waals surface area contributed by atoms with Gasteiger partial charge in [0.2, 0.25) is 5.91 Å². The summed E-state index contributed by atoms with van der Waals surface area (Å²) in [5, 5.41) is 2.82. The van der Waals surface area contributed by atoms with Gasteiger partial charge >= 0.3 is 0 Å². The zero-order valence-electron chi connectivity index (χ0n) is 19.4. The second-order valence-corrected chi connectivity index (χ2v) is 9.59. The molecular weight excluding hydrogens is 440 g/mol. The minimum absolute atomic E-state index is 0.0139. The van der Waals surface area contributed by atoms with E-state index in [4.69, 9.17) is 9.47 Å². The van der Waals surface area contributed by atoms with Crippen molar-refractivity contribution >= 4 is 27.3 Å². The number of nitrogens with one attached hydrogen (secondary N) is 1. The van der Waals surface area contributed by atoms with Crippen LogP contribution in [-0.2, 0) is 14.8 Å². The molecule has 0 aliphatic heterocycles. The lowest BCUT2D eigenvalue weighted by Crippen LogP contribution is -2.38. The number of hydrogen-bond acceptors (Lipinski definition) is 5. The van der Waals surface area contributed by atoms with Crippen molar-refractivity contribution in [3.05, 3.63) is 77.4 Å². The second kappa shape index (κ2) is 9.95. The van der Waals surface area contributed by atoms with Crippen molar-refractivity contribution in [1.29, 1.82) is 0 Å². The van der Waals surface area contributed by atoms with Crippen LogP contribution >= 0.6 is 0 Å². The first-order chi connectivity index (χ1) is 15.6. The average molecular weight is 469 g/mol. The average Bonchev–Trinajstić information content (AvgIpc) is 2.79. The summed E-state index contributed by atoms with van der Waals surface area (Å²) in [7, 11) is -1.18. The second-order valence-electron chi connectivity index (χ2n) is 7.73. The Morgan fingerprint density at radius 2 is 1.48 bits per heavy atom. The number of anilines is 2. The molecule has 0 bridgehead atoms. The summed E-state index contributed by atoms with van der Waals surface area (Å²) in [6.07, 6.45) is 0. The molecule has 0 saturated carbocycles. The van der Waals surface area contributed by atoms with Crippen molar-refractivity contribution in [2.24, 2.45) is 0 Å². The Hall–Kier alpha value is -3.52. The van der Waals surface area contributed by atoms with E-state index in [1.807, 2.05) is 39.0 Å². The van der Waals surface area contributed by atoms with Crippen LogP contribution in [0.4, 0.5) is 11.4 Å². The van der Waals surface area contributed by atoms with Gasteiger partial charge in [-0.1, -0.05) is 35.4 Å². The molecule has 0 atom stereocenters. The fourth-order valence-corrected chi connectivity index (χ4v) is 4.84. The topological polar surface area (TPSA) is 84.9 Å². The largest absolute Gasteiger partial charge is 0.493 e. The molecule has 3 aromatic rings. The van der Waals surface area contributed by atoms with Crippen LogP contribution in [-0.4, -0.2) is 35.1 Å². The van der Waals surface area contributed by atoms with Crippen molar-refractivity contribution in [2.45, 2.75) is 25.7 Å². The monoisotopic (exact) mass is 468 g/mol. The maximum Gasteiger partial charge on any atom is 0.264 e. The predicted octanol–water partition coefficient (Wildman–Crippen LogP) is 4.46. The van der Waals surface area contributed by atoms with Gasteiger partial charge in [0.15, 0.2) is 11.5 Å². The number of carbonyl (C=O) groups excluding carboxylic acids is 1. The minimum atomic E-state index is -4.09. The number of carbonyl (C=O) groups is 1. The highest BCUT2D eigenvalue weighted by Crippen LogP contribution is 2.32. The van der Waals surface area contributed by atoms with Gasteiger partial charge in [0.05, 0.1) is 24.8 Å². The van der Waals surface area contributed by atoms with Crippen LogP contribution in [0.1, 0.15) is 16.7 Å². The van der Waals surface area contributed by atoms with Crippen molar-refractivity contribution in [1.82, 2.24) is 0 Å². The van der Waals surface area contributed by atoms with Gasteiger partial charge in [-0.15, -0.1) is 0 Å². The summed E-state index contributed by atoms with van der Waals surface area (Å²) in [6.45, 7) is 5.37. The number of benzene rings is 3. The summed E-state index contributed by atoms with van der Waals surface area (Å²) in [5.74, 6) is 0.236. The third kappa shape index (κ3) is 5.46. The molecule has 174 valence electrons. The van der Waals surface area contributed by atoms with E-state index in [2.05, 4.69) is 5.32 Å². The predicted molar refractivity (Wildman–Crippen MR) is 130 cm³/mol. The molecule has 7 nitrogen and oxygen atoms in total. The van der Waals surface area contributed by atoms with Gasteiger partial charge in [-0.2, -0.15) is 0 Å². The standard InChI is InChI=1S/C25H28N2O5S/c1-17-6-9-20(10-7-17)27(16-25(28)26-22-12-8-18(2)14-19(22)3)33(29,30)21-11-13-23(31-4)24(15-21)32-5/h6-15H,16H2,1-5H3,(H,26,28). The SMILES string of the molecule is COc1ccc(S(=O)(=O)N(CC(=O)Nc2ccc(C)cc2C)c2ccc(C)cc2)cc1OC. The number of rotatable bonds is 8. The van der Waals surface area contributed by atoms with E-state index in [-0.39, 0.29) is 10.6 Å². The van der Waals surface area contributed by atoms with Gasteiger partial charge in [-0.3, -0.25) is 9.10 Å². The number of sulfonamides is 1. The van der Waals surface area contributed by atoms with Crippen LogP contribution in [0.15, 0.2) is 65.6 Å². The lowest BCUT2D eigenvalue weighted by molar-refractivity contribution is -0.114. The molecule has 0 radical (unpaired) electrons. The van der Waals surface area contributed by atoms with Crippen LogP contribution < -0.4 is 19.1 Å². The van der Waals surface area contributed by atoms with Gasteiger partial charge in [-0.25, -0.2) is 8.42 Å². The molecule has 3 aromatic carbocycles. The van der Waals surface area contributed by atoms with Crippen LogP contribution in [0, 0.1) is 20.8 Å². The Morgan fingerprint density at radius 3 is 2.09 bits per heavy atom.